The van der Waals surface area contributed by atoms with E-state index in [1.165, 1.54) is 77.0 Å². The Bertz CT molecular complexity index is 212. The lowest BCUT2D eigenvalue weighted by Gasteiger charge is -2.16. The Labute approximate surface area is 133 Å². The highest BCUT2D eigenvalue weighted by Gasteiger charge is 2.14. The largest absolute Gasteiger partial charge is 0.466 e. The summed E-state index contributed by atoms with van der Waals surface area (Å²) in [5, 5.41) is 0. The maximum absolute atomic E-state index is 11.7. The SMILES string of the molecule is CCCCCCCC(CCCCCCC)CC(=O)OCC. The zero-order chi connectivity index (χ0) is 15.8. The fourth-order valence-corrected chi connectivity index (χ4v) is 2.88. The number of ether oxygens (including phenoxy) is 1. The molecular formula is C19H38O2. The van der Waals surface area contributed by atoms with E-state index in [-0.39, 0.29) is 5.97 Å². The summed E-state index contributed by atoms with van der Waals surface area (Å²) in [7, 11) is 0. The van der Waals surface area contributed by atoms with Crippen LogP contribution in [0.25, 0.3) is 0 Å². The first-order chi connectivity index (χ1) is 10.2. The Kier molecular flexibility index (Phi) is 15.5. The van der Waals surface area contributed by atoms with Crippen LogP contribution in [0.2, 0.25) is 0 Å². The molecule has 0 saturated heterocycles. The average Bonchev–Trinajstić information content (AvgIpc) is 2.46. The Balaban J connectivity index is 3.88. The number of esters is 1. The summed E-state index contributed by atoms with van der Waals surface area (Å²) in [6, 6.07) is 0. The summed E-state index contributed by atoms with van der Waals surface area (Å²) in [5.41, 5.74) is 0. The van der Waals surface area contributed by atoms with E-state index in [0.29, 0.717) is 18.9 Å². The van der Waals surface area contributed by atoms with Crippen LogP contribution in [0, 0.1) is 5.92 Å². The van der Waals surface area contributed by atoms with Crippen LogP contribution in [0.15, 0.2) is 0 Å². The molecule has 0 atom stereocenters. The summed E-state index contributed by atoms with van der Waals surface area (Å²) in [5.74, 6) is 0.553. The van der Waals surface area contributed by atoms with Gasteiger partial charge in [0.25, 0.3) is 0 Å². The van der Waals surface area contributed by atoms with E-state index in [0.717, 1.165) is 0 Å². The van der Waals surface area contributed by atoms with Gasteiger partial charge in [-0.3, -0.25) is 4.79 Å². The quantitative estimate of drug-likeness (QED) is 0.263. The molecule has 0 saturated carbocycles. The normalized spacial score (nSPS) is 11.0. The van der Waals surface area contributed by atoms with Gasteiger partial charge in [-0.2, -0.15) is 0 Å². The molecule has 0 N–H and O–H groups in total. The van der Waals surface area contributed by atoms with Crippen LogP contribution in [-0.2, 0) is 9.53 Å². The molecule has 0 spiro atoms. The first kappa shape index (κ1) is 20.5. The van der Waals surface area contributed by atoms with Gasteiger partial charge in [-0.1, -0.05) is 78.1 Å². The third-order valence-electron chi connectivity index (χ3n) is 4.19. The van der Waals surface area contributed by atoms with E-state index in [1.807, 2.05) is 6.92 Å². The van der Waals surface area contributed by atoms with Crippen molar-refractivity contribution >= 4 is 5.97 Å². The Hall–Kier alpha value is -0.530. The van der Waals surface area contributed by atoms with Gasteiger partial charge < -0.3 is 4.74 Å². The van der Waals surface area contributed by atoms with Gasteiger partial charge in [0.1, 0.15) is 0 Å². The third kappa shape index (κ3) is 14.2. The summed E-state index contributed by atoms with van der Waals surface area (Å²) >= 11 is 0. The van der Waals surface area contributed by atoms with Crippen LogP contribution >= 0.6 is 0 Å². The van der Waals surface area contributed by atoms with E-state index in [4.69, 9.17) is 4.74 Å². The van der Waals surface area contributed by atoms with Gasteiger partial charge in [-0.25, -0.2) is 0 Å². The molecule has 0 aliphatic rings. The zero-order valence-corrected chi connectivity index (χ0v) is 14.8. The van der Waals surface area contributed by atoms with Gasteiger partial charge in [-0.15, -0.1) is 0 Å². The van der Waals surface area contributed by atoms with E-state index >= 15 is 0 Å². The van der Waals surface area contributed by atoms with Crippen molar-refractivity contribution < 1.29 is 9.53 Å². The number of hydrogen-bond donors (Lipinski definition) is 0. The fourth-order valence-electron chi connectivity index (χ4n) is 2.88. The molecule has 21 heavy (non-hydrogen) atoms. The number of hydrogen-bond acceptors (Lipinski definition) is 2. The topological polar surface area (TPSA) is 26.3 Å². The first-order valence-electron chi connectivity index (χ1n) is 9.40. The monoisotopic (exact) mass is 298 g/mol. The molecule has 126 valence electrons. The third-order valence-corrected chi connectivity index (χ3v) is 4.19. The van der Waals surface area contributed by atoms with Crippen LogP contribution < -0.4 is 0 Å². The minimum absolute atomic E-state index is 0.00427. The minimum atomic E-state index is 0.00427. The van der Waals surface area contributed by atoms with E-state index in [2.05, 4.69) is 13.8 Å². The average molecular weight is 299 g/mol. The highest BCUT2D eigenvalue weighted by molar-refractivity contribution is 5.69. The summed E-state index contributed by atoms with van der Waals surface area (Å²) in [4.78, 5) is 11.7. The highest BCUT2D eigenvalue weighted by atomic mass is 16.5. The van der Waals surface area contributed by atoms with Gasteiger partial charge in [0.15, 0.2) is 0 Å². The molecule has 0 aromatic carbocycles. The van der Waals surface area contributed by atoms with Crippen molar-refractivity contribution in [1.82, 2.24) is 0 Å². The van der Waals surface area contributed by atoms with Gasteiger partial charge in [0.05, 0.1) is 6.61 Å². The first-order valence-corrected chi connectivity index (χ1v) is 9.40. The number of carbonyl (C=O) groups is 1. The predicted octanol–water partition coefficient (Wildman–Crippen LogP) is 6.28. The molecule has 0 aliphatic heterocycles. The van der Waals surface area contributed by atoms with E-state index in [1.54, 1.807) is 0 Å². The van der Waals surface area contributed by atoms with Crippen molar-refractivity contribution in [3.05, 3.63) is 0 Å². The second kappa shape index (κ2) is 15.9. The Morgan fingerprint density at radius 2 is 1.24 bits per heavy atom. The molecule has 0 aromatic rings. The van der Waals surface area contributed by atoms with Crippen LogP contribution in [0.5, 0.6) is 0 Å². The smallest absolute Gasteiger partial charge is 0.306 e. The molecule has 0 unspecified atom stereocenters. The molecule has 2 nitrogen and oxygen atoms in total. The maximum atomic E-state index is 11.7. The van der Waals surface area contributed by atoms with Crippen LogP contribution in [0.3, 0.4) is 0 Å². The van der Waals surface area contributed by atoms with Crippen molar-refractivity contribution in [2.75, 3.05) is 6.61 Å². The van der Waals surface area contributed by atoms with Crippen molar-refractivity contribution in [2.24, 2.45) is 5.92 Å². The molecule has 0 fully saturated rings. The van der Waals surface area contributed by atoms with Crippen LogP contribution in [0.1, 0.15) is 104 Å². The van der Waals surface area contributed by atoms with Crippen LogP contribution in [-0.4, -0.2) is 12.6 Å². The number of rotatable bonds is 15. The summed E-state index contributed by atoms with van der Waals surface area (Å²) < 4.78 is 5.12. The lowest BCUT2D eigenvalue weighted by atomic mass is 9.91. The maximum Gasteiger partial charge on any atom is 0.306 e. The molecule has 0 bridgehead atoms. The molecule has 0 aliphatic carbocycles. The van der Waals surface area contributed by atoms with Gasteiger partial charge in [0, 0.05) is 6.42 Å². The molecule has 0 amide bonds. The number of carbonyl (C=O) groups excluding carboxylic acids is 1. The van der Waals surface area contributed by atoms with E-state index in [9.17, 15) is 4.79 Å². The molecule has 0 radical (unpaired) electrons. The van der Waals surface area contributed by atoms with Crippen LogP contribution in [0.4, 0.5) is 0 Å². The van der Waals surface area contributed by atoms with Crippen molar-refractivity contribution in [3.63, 3.8) is 0 Å². The summed E-state index contributed by atoms with van der Waals surface area (Å²) in [6.45, 7) is 6.90. The predicted molar refractivity (Wildman–Crippen MR) is 91.5 cm³/mol. The van der Waals surface area contributed by atoms with Gasteiger partial charge in [-0.05, 0) is 25.7 Å². The Morgan fingerprint density at radius 1 is 0.762 bits per heavy atom. The lowest BCUT2D eigenvalue weighted by Crippen LogP contribution is -2.12. The lowest BCUT2D eigenvalue weighted by molar-refractivity contribution is -0.144. The molecule has 0 rings (SSSR count). The minimum Gasteiger partial charge on any atom is -0.466 e. The second-order valence-electron chi connectivity index (χ2n) is 6.28. The molecular weight excluding hydrogens is 260 g/mol. The highest BCUT2D eigenvalue weighted by Crippen LogP contribution is 2.22. The van der Waals surface area contributed by atoms with Crippen molar-refractivity contribution in [3.8, 4) is 0 Å². The zero-order valence-electron chi connectivity index (χ0n) is 14.8. The molecule has 0 heterocycles. The van der Waals surface area contributed by atoms with Gasteiger partial charge >= 0.3 is 5.97 Å². The second-order valence-corrected chi connectivity index (χ2v) is 6.28. The Morgan fingerprint density at radius 3 is 1.67 bits per heavy atom. The van der Waals surface area contributed by atoms with Crippen molar-refractivity contribution in [1.29, 1.82) is 0 Å². The van der Waals surface area contributed by atoms with E-state index < -0.39 is 0 Å². The van der Waals surface area contributed by atoms with Crippen molar-refractivity contribution in [2.45, 2.75) is 104 Å². The van der Waals surface area contributed by atoms with Gasteiger partial charge in [0.2, 0.25) is 0 Å². The standard InChI is InChI=1S/C19H38O2/c1-4-7-9-11-13-15-18(17-19(20)21-6-3)16-14-12-10-8-5-2/h18H,4-17H2,1-3H3. The molecule has 0 aromatic heterocycles. The number of unbranched alkanes of at least 4 members (excludes halogenated alkanes) is 8. The summed E-state index contributed by atoms with van der Waals surface area (Å²) in [6.07, 6.45) is 16.2. The molecule has 2 heteroatoms. The fraction of sp³-hybridized carbons (Fsp3) is 0.947.